The number of hydrogen-bond acceptors (Lipinski definition) is 4. The first-order chi connectivity index (χ1) is 8.06. The maximum atomic E-state index is 11.9. The van der Waals surface area contributed by atoms with E-state index in [1.165, 1.54) is 11.3 Å². The van der Waals surface area contributed by atoms with E-state index < -0.39 is 0 Å². The normalized spacial score (nSPS) is 10.3. The van der Waals surface area contributed by atoms with Crippen LogP contribution in [0, 0.1) is 13.8 Å². The summed E-state index contributed by atoms with van der Waals surface area (Å²) in [5.41, 5.74) is 0.752. The van der Waals surface area contributed by atoms with Gasteiger partial charge in [0.2, 0.25) is 0 Å². The van der Waals surface area contributed by atoms with Gasteiger partial charge in [-0.25, -0.2) is 9.97 Å². The summed E-state index contributed by atoms with van der Waals surface area (Å²) >= 11 is 4.67. The van der Waals surface area contributed by atoms with Crippen LogP contribution in [0.2, 0.25) is 0 Å². The number of pyridine rings is 1. The average Bonchev–Trinajstić information content (AvgIpc) is 2.61. The zero-order chi connectivity index (χ0) is 12.4. The number of aryl methyl sites for hydroxylation is 2. The van der Waals surface area contributed by atoms with Crippen LogP contribution in [0.5, 0.6) is 0 Å². The zero-order valence-corrected chi connectivity index (χ0v) is 11.7. The highest BCUT2D eigenvalue weighted by Gasteiger charge is 2.14. The Morgan fingerprint density at radius 3 is 2.71 bits per heavy atom. The molecule has 0 bridgehead atoms. The number of rotatable bonds is 2. The zero-order valence-electron chi connectivity index (χ0n) is 9.32. The minimum absolute atomic E-state index is 0.164. The number of nitrogens with zero attached hydrogens (tertiary/aromatic N) is 2. The first-order valence-electron chi connectivity index (χ1n) is 4.93. The van der Waals surface area contributed by atoms with Gasteiger partial charge in [-0.15, -0.1) is 11.3 Å². The van der Waals surface area contributed by atoms with E-state index >= 15 is 0 Å². The molecule has 0 aromatic carbocycles. The lowest BCUT2D eigenvalue weighted by Gasteiger charge is -2.02. The fourth-order valence-corrected chi connectivity index (χ4v) is 2.41. The second-order valence-corrected chi connectivity index (χ2v) is 5.58. The first-order valence-corrected chi connectivity index (χ1v) is 6.54. The predicted molar refractivity (Wildman–Crippen MR) is 71.5 cm³/mol. The second kappa shape index (κ2) is 4.93. The van der Waals surface area contributed by atoms with E-state index in [1.807, 2.05) is 19.9 Å². The maximum absolute atomic E-state index is 11.9. The molecule has 0 fully saturated rings. The summed E-state index contributed by atoms with van der Waals surface area (Å²) in [4.78, 5) is 20.9. The molecular formula is C11H10BrN3OS. The molecule has 0 unspecified atom stereocenters. The molecule has 0 aliphatic rings. The highest BCUT2D eigenvalue weighted by Crippen LogP contribution is 2.19. The van der Waals surface area contributed by atoms with E-state index in [2.05, 4.69) is 31.2 Å². The number of halogens is 1. The number of carbonyl (C=O) groups excluding carboxylic acids is 1. The number of anilines is 1. The van der Waals surface area contributed by atoms with Crippen LogP contribution in [0.4, 0.5) is 5.82 Å². The second-order valence-electron chi connectivity index (χ2n) is 3.46. The number of amides is 1. The van der Waals surface area contributed by atoms with E-state index in [4.69, 9.17) is 0 Å². The maximum Gasteiger partial charge on any atom is 0.268 e. The summed E-state index contributed by atoms with van der Waals surface area (Å²) in [6.45, 7) is 3.71. The van der Waals surface area contributed by atoms with Crippen molar-refractivity contribution in [3.05, 3.63) is 38.4 Å². The van der Waals surface area contributed by atoms with Crippen LogP contribution in [0.15, 0.2) is 22.8 Å². The molecule has 0 saturated carbocycles. The molecule has 2 aromatic rings. The van der Waals surface area contributed by atoms with Gasteiger partial charge < -0.3 is 5.32 Å². The molecule has 2 heterocycles. The first kappa shape index (κ1) is 12.2. The van der Waals surface area contributed by atoms with Gasteiger partial charge in [0.05, 0.1) is 10.7 Å². The van der Waals surface area contributed by atoms with Crippen molar-refractivity contribution < 1.29 is 4.79 Å². The minimum Gasteiger partial charge on any atom is -0.306 e. The molecule has 1 amide bonds. The Balaban J connectivity index is 2.17. The van der Waals surface area contributed by atoms with E-state index in [0.717, 1.165) is 15.2 Å². The molecule has 0 saturated heterocycles. The standard InChI is InChI=1S/C11H10BrN3OS/c1-6-10(17-7(2)14-6)11(16)15-9-4-3-8(12)5-13-9/h3-5H,1-2H3,(H,13,15,16). The van der Waals surface area contributed by atoms with Crippen LogP contribution in [0.3, 0.4) is 0 Å². The molecular weight excluding hydrogens is 302 g/mol. The summed E-state index contributed by atoms with van der Waals surface area (Å²) in [7, 11) is 0. The summed E-state index contributed by atoms with van der Waals surface area (Å²) in [5.74, 6) is 0.367. The number of nitrogens with one attached hydrogen (secondary N) is 1. The Labute approximate surface area is 111 Å². The molecule has 0 aliphatic carbocycles. The Hall–Kier alpha value is -1.27. The number of thiazole rings is 1. The fourth-order valence-electron chi connectivity index (χ4n) is 1.36. The Kier molecular flexibility index (Phi) is 3.54. The quantitative estimate of drug-likeness (QED) is 0.926. The molecule has 88 valence electrons. The topological polar surface area (TPSA) is 54.9 Å². The van der Waals surface area contributed by atoms with Crippen molar-refractivity contribution in [2.24, 2.45) is 0 Å². The third-order valence-corrected chi connectivity index (χ3v) is 3.62. The van der Waals surface area contributed by atoms with Gasteiger partial charge in [0.15, 0.2) is 0 Å². The van der Waals surface area contributed by atoms with Crippen LogP contribution in [-0.2, 0) is 0 Å². The molecule has 4 nitrogen and oxygen atoms in total. The Morgan fingerprint density at radius 2 is 2.18 bits per heavy atom. The lowest BCUT2D eigenvalue weighted by molar-refractivity contribution is 0.102. The van der Waals surface area contributed by atoms with Gasteiger partial charge in [0, 0.05) is 10.7 Å². The molecule has 0 radical (unpaired) electrons. The van der Waals surface area contributed by atoms with Crippen molar-refractivity contribution in [3.63, 3.8) is 0 Å². The molecule has 1 N–H and O–H groups in total. The predicted octanol–water partition coefficient (Wildman–Crippen LogP) is 3.17. The molecule has 6 heteroatoms. The highest BCUT2D eigenvalue weighted by molar-refractivity contribution is 9.10. The Morgan fingerprint density at radius 1 is 1.41 bits per heavy atom. The van der Waals surface area contributed by atoms with E-state index in [1.54, 1.807) is 12.3 Å². The van der Waals surface area contributed by atoms with Gasteiger partial charge in [0.1, 0.15) is 10.7 Å². The monoisotopic (exact) mass is 311 g/mol. The minimum atomic E-state index is -0.164. The van der Waals surface area contributed by atoms with Crippen molar-refractivity contribution in [3.8, 4) is 0 Å². The number of carbonyl (C=O) groups is 1. The van der Waals surface area contributed by atoms with Crippen molar-refractivity contribution in [1.29, 1.82) is 0 Å². The van der Waals surface area contributed by atoms with Crippen LogP contribution in [0.25, 0.3) is 0 Å². The van der Waals surface area contributed by atoms with Gasteiger partial charge in [-0.2, -0.15) is 0 Å². The van der Waals surface area contributed by atoms with E-state index in [0.29, 0.717) is 10.7 Å². The Bertz CT molecular complexity index is 550. The molecule has 0 spiro atoms. The third-order valence-electron chi connectivity index (χ3n) is 2.08. The summed E-state index contributed by atoms with van der Waals surface area (Å²) in [6.07, 6.45) is 1.64. The summed E-state index contributed by atoms with van der Waals surface area (Å²) in [5, 5.41) is 3.62. The lowest BCUT2D eigenvalue weighted by Crippen LogP contribution is -2.12. The van der Waals surface area contributed by atoms with Crippen molar-refractivity contribution in [2.75, 3.05) is 5.32 Å². The highest BCUT2D eigenvalue weighted by atomic mass is 79.9. The van der Waals surface area contributed by atoms with Crippen molar-refractivity contribution >= 4 is 39.0 Å². The fraction of sp³-hybridized carbons (Fsp3) is 0.182. The van der Waals surface area contributed by atoms with Crippen LogP contribution >= 0.6 is 27.3 Å². The molecule has 17 heavy (non-hydrogen) atoms. The van der Waals surface area contributed by atoms with Crippen molar-refractivity contribution in [2.45, 2.75) is 13.8 Å². The van der Waals surface area contributed by atoms with E-state index in [-0.39, 0.29) is 5.91 Å². The lowest BCUT2D eigenvalue weighted by atomic mass is 10.3. The third kappa shape index (κ3) is 2.89. The van der Waals surface area contributed by atoms with Crippen LogP contribution in [-0.4, -0.2) is 15.9 Å². The average molecular weight is 312 g/mol. The number of hydrogen-bond donors (Lipinski definition) is 1. The van der Waals surface area contributed by atoms with Gasteiger partial charge >= 0.3 is 0 Å². The van der Waals surface area contributed by atoms with Crippen LogP contribution in [0.1, 0.15) is 20.4 Å². The van der Waals surface area contributed by atoms with Crippen LogP contribution < -0.4 is 5.32 Å². The SMILES string of the molecule is Cc1nc(C)c(C(=O)Nc2ccc(Br)cn2)s1. The van der Waals surface area contributed by atoms with Gasteiger partial charge in [0.25, 0.3) is 5.91 Å². The van der Waals surface area contributed by atoms with Gasteiger partial charge in [-0.05, 0) is 41.9 Å². The number of aromatic nitrogens is 2. The molecule has 0 atom stereocenters. The summed E-state index contributed by atoms with van der Waals surface area (Å²) in [6, 6.07) is 3.57. The molecule has 0 aliphatic heterocycles. The van der Waals surface area contributed by atoms with Gasteiger partial charge in [-0.3, -0.25) is 4.79 Å². The summed E-state index contributed by atoms with van der Waals surface area (Å²) < 4.78 is 0.875. The smallest absolute Gasteiger partial charge is 0.268 e. The van der Waals surface area contributed by atoms with Crippen molar-refractivity contribution in [1.82, 2.24) is 9.97 Å². The van der Waals surface area contributed by atoms with Gasteiger partial charge in [-0.1, -0.05) is 0 Å². The van der Waals surface area contributed by atoms with E-state index in [9.17, 15) is 4.79 Å². The molecule has 2 aromatic heterocycles. The largest absolute Gasteiger partial charge is 0.306 e. The molecule has 2 rings (SSSR count).